The fourth-order valence-electron chi connectivity index (χ4n) is 1.68. The van der Waals surface area contributed by atoms with Crippen molar-refractivity contribution in [2.75, 3.05) is 0 Å². The zero-order valence-electron chi connectivity index (χ0n) is 9.44. The lowest BCUT2D eigenvalue weighted by molar-refractivity contribution is 0.272. The Hall–Kier alpha value is -1.94. The zero-order chi connectivity index (χ0) is 12.3. The average Bonchev–Trinajstić information content (AvgIpc) is 2.78. The molecule has 3 nitrogen and oxygen atoms in total. The first-order valence-electron chi connectivity index (χ1n) is 5.32. The molecule has 17 heavy (non-hydrogen) atoms. The summed E-state index contributed by atoms with van der Waals surface area (Å²) >= 11 is 0. The molecule has 0 fully saturated rings. The fraction of sp³-hybridized carbons (Fsp3) is 0.154. The summed E-state index contributed by atoms with van der Waals surface area (Å²) in [5.74, 6) is 0.222. The molecule has 2 rings (SSSR count). The second-order valence-corrected chi connectivity index (χ2v) is 3.63. The summed E-state index contributed by atoms with van der Waals surface area (Å²) in [6, 6.07) is 4.57. The van der Waals surface area contributed by atoms with Gasteiger partial charge in [-0.3, -0.25) is 0 Å². The monoisotopic (exact) mass is 232 g/mol. The van der Waals surface area contributed by atoms with Crippen LogP contribution in [0.4, 0.5) is 4.39 Å². The van der Waals surface area contributed by atoms with Crippen molar-refractivity contribution in [1.29, 1.82) is 0 Å². The molecule has 0 spiro atoms. The molecule has 0 saturated heterocycles. The highest BCUT2D eigenvalue weighted by atomic mass is 19.1. The number of aromatic nitrogens is 2. The number of nitrogens with one attached hydrogen (secondary N) is 1. The van der Waals surface area contributed by atoms with Crippen LogP contribution in [-0.2, 0) is 6.61 Å². The molecule has 0 bridgehead atoms. The summed E-state index contributed by atoms with van der Waals surface area (Å²) in [4.78, 5) is 6.99. The van der Waals surface area contributed by atoms with E-state index in [4.69, 9.17) is 5.11 Å². The molecule has 0 aliphatic carbocycles. The van der Waals surface area contributed by atoms with Crippen LogP contribution in [-0.4, -0.2) is 15.1 Å². The van der Waals surface area contributed by atoms with Crippen LogP contribution in [0.5, 0.6) is 0 Å². The van der Waals surface area contributed by atoms with Gasteiger partial charge >= 0.3 is 0 Å². The Balaban J connectivity index is 2.50. The topological polar surface area (TPSA) is 48.9 Å². The summed E-state index contributed by atoms with van der Waals surface area (Å²) in [7, 11) is 0. The number of aromatic amines is 1. The minimum Gasteiger partial charge on any atom is -0.388 e. The van der Waals surface area contributed by atoms with Gasteiger partial charge < -0.3 is 10.1 Å². The third kappa shape index (κ3) is 2.42. The van der Waals surface area contributed by atoms with Crippen LogP contribution in [0, 0.1) is 5.82 Å². The second-order valence-electron chi connectivity index (χ2n) is 3.63. The molecule has 0 atom stereocenters. The number of allylic oxidation sites excluding steroid dienone is 1. The minimum atomic E-state index is -0.274. The van der Waals surface area contributed by atoms with Gasteiger partial charge in [0.15, 0.2) is 0 Å². The van der Waals surface area contributed by atoms with E-state index in [-0.39, 0.29) is 12.4 Å². The van der Waals surface area contributed by atoms with Gasteiger partial charge in [0.05, 0.1) is 11.9 Å². The van der Waals surface area contributed by atoms with E-state index in [1.165, 1.54) is 12.1 Å². The van der Waals surface area contributed by atoms with Gasteiger partial charge in [0.2, 0.25) is 0 Å². The number of rotatable bonds is 3. The Kier molecular flexibility index (Phi) is 3.35. The standard InChI is InChI=1S/C13H13FN2O/c1-2-3-9-6-10(14)4-5-11(9)12-7-15-13(8-17)16-12/h2-7,17H,8H2,1H3,(H,15,16)/b3-2+. The maximum Gasteiger partial charge on any atom is 0.132 e. The summed E-state index contributed by atoms with van der Waals surface area (Å²) in [5, 5.41) is 8.95. The van der Waals surface area contributed by atoms with Crippen LogP contribution < -0.4 is 0 Å². The van der Waals surface area contributed by atoms with Crippen molar-refractivity contribution in [3.8, 4) is 11.3 Å². The van der Waals surface area contributed by atoms with Crippen LogP contribution in [0.25, 0.3) is 17.3 Å². The van der Waals surface area contributed by atoms with Crippen LogP contribution >= 0.6 is 0 Å². The van der Waals surface area contributed by atoms with Crippen molar-refractivity contribution in [1.82, 2.24) is 9.97 Å². The lowest BCUT2D eigenvalue weighted by Crippen LogP contribution is -1.88. The number of hydrogen-bond acceptors (Lipinski definition) is 2. The zero-order valence-corrected chi connectivity index (χ0v) is 9.44. The highest BCUT2D eigenvalue weighted by Crippen LogP contribution is 2.24. The lowest BCUT2D eigenvalue weighted by atomic mass is 10.0. The fourth-order valence-corrected chi connectivity index (χ4v) is 1.68. The van der Waals surface area contributed by atoms with Crippen molar-refractivity contribution < 1.29 is 9.50 Å². The van der Waals surface area contributed by atoms with Gasteiger partial charge in [-0.05, 0) is 30.7 Å². The number of aliphatic hydroxyl groups excluding tert-OH is 1. The van der Waals surface area contributed by atoms with Gasteiger partial charge in [0, 0.05) is 5.56 Å². The molecule has 0 aliphatic heterocycles. The SMILES string of the molecule is C/C=C/c1cc(F)ccc1-c1cnc(CO)[nH]1. The van der Waals surface area contributed by atoms with Crippen molar-refractivity contribution in [3.63, 3.8) is 0 Å². The van der Waals surface area contributed by atoms with Crippen LogP contribution in [0.1, 0.15) is 18.3 Å². The maximum atomic E-state index is 13.2. The molecule has 1 aromatic carbocycles. The number of halogens is 1. The summed E-state index contributed by atoms with van der Waals surface area (Å²) in [6.07, 6.45) is 5.31. The van der Waals surface area contributed by atoms with Crippen molar-refractivity contribution in [2.45, 2.75) is 13.5 Å². The van der Waals surface area contributed by atoms with E-state index in [0.717, 1.165) is 16.8 Å². The average molecular weight is 232 g/mol. The minimum absolute atomic E-state index is 0.139. The predicted octanol–water partition coefficient (Wildman–Crippen LogP) is 2.74. The first kappa shape index (κ1) is 11.5. The van der Waals surface area contributed by atoms with Crippen molar-refractivity contribution in [3.05, 3.63) is 47.7 Å². The smallest absolute Gasteiger partial charge is 0.132 e. The van der Waals surface area contributed by atoms with Crippen molar-refractivity contribution in [2.24, 2.45) is 0 Å². The molecule has 2 N–H and O–H groups in total. The van der Waals surface area contributed by atoms with E-state index in [9.17, 15) is 4.39 Å². The Labute approximate surface area is 98.6 Å². The molecule has 88 valence electrons. The largest absolute Gasteiger partial charge is 0.388 e. The molecule has 0 saturated carbocycles. The number of aliphatic hydroxyl groups is 1. The third-order valence-electron chi connectivity index (χ3n) is 2.43. The van der Waals surface area contributed by atoms with E-state index >= 15 is 0 Å². The molecule has 4 heteroatoms. The maximum absolute atomic E-state index is 13.2. The molecule has 0 radical (unpaired) electrons. The van der Waals surface area contributed by atoms with Gasteiger partial charge in [0.1, 0.15) is 18.2 Å². The second kappa shape index (κ2) is 4.93. The summed E-state index contributed by atoms with van der Waals surface area (Å²) < 4.78 is 13.2. The number of hydrogen-bond donors (Lipinski definition) is 2. The Morgan fingerprint density at radius 3 is 2.94 bits per heavy atom. The highest BCUT2D eigenvalue weighted by molar-refractivity contribution is 5.72. The molecule has 2 aromatic rings. The molecule has 0 amide bonds. The van der Waals surface area contributed by atoms with Crippen LogP contribution in [0.2, 0.25) is 0 Å². The number of H-pyrrole nitrogens is 1. The first-order valence-corrected chi connectivity index (χ1v) is 5.32. The Bertz CT molecular complexity index is 546. The molecule has 1 heterocycles. The van der Waals surface area contributed by atoms with Crippen molar-refractivity contribution >= 4 is 6.08 Å². The van der Waals surface area contributed by atoms with E-state index in [1.54, 1.807) is 12.3 Å². The third-order valence-corrected chi connectivity index (χ3v) is 2.43. The van der Waals surface area contributed by atoms with Gasteiger partial charge in [-0.15, -0.1) is 0 Å². The number of benzene rings is 1. The normalized spacial score (nSPS) is 11.2. The highest BCUT2D eigenvalue weighted by Gasteiger charge is 2.07. The van der Waals surface area contributed by atoms with E-state index in [2.05, 4.69) is 9.97 Å². The predicted molar refractivity (Wildman–Crippen MR) is 64.6 cm³/mol. The summed E-state index contributed by atoms with van der Waals surface area (Å²) in [5.41, 5.74) is 2.40. The quantitative estimate of drug-likeness (QED) is 0.854. The van der Waals surface area contributed by atoms with Gasteiger partial charge in [0.25, 0.3) is 0 Å². The summed E-state index contributed by atoms with van der Waals surface area (Å²) in [6.45, 7) is 1.74. The molecule has 0 unspecified atom stereocenters. The van der Waals surface area contributed by atoms with Crippen LogP contribution in [0.3, 0.4) is 0 Å². The van der Waals surface area contributed by atoms with Gasteiger partial charge in [-0.2, -0.15) is 0 Å². The van der Waals surface area contributed by atoms with E-state index < -0.39 is 0 Å². The van der Waals surface area contributed by atoms with E-state index in [0.29, 0.717) is 5.82 Å². The van der Waals surface area contributed by atoms with Gasteiger partial charge in [-0.1, -0.05) is 12.2 Å². The van der Waals surface area contributed by atoms with Gasteiger partial charge in [-0.25, -0.2) is 9.37 Å². The first-order chi connectivity index (χ1) is 8.24. The lowest BCUT2D eigenvalue weighted by Gasteiger charge is -2.03. The molecular formula is C13H13FN2O. The molecule has 1 aromatic heterocycles. The molecule has 0 aliphatic rings. The number of imidazole rings is 1. The Morgan fingerprint density at radius 1 is 1.47 bits per heavy atom. The Morgan fingerprint density at radius 2 is 2.29 bits per heavy atom. The molecular weight excluding hydrogens is 219 g/mol. The van der Waals surface area contributed by atoms with Crippen LogP contribution in [0.15, 0.2) is 30.5 Å². The van der Waals surface area contributed by atoms with E-state index in [1.807, 2.05) is 19.1 Å². The number of nitrogens with zero attached hydrogens (tertiary/aromatic N) is 1.